The second-order valence-electron chi connectivity index (χ2n) is 2.88. The molecule has 0 spiro atoms. The fourth-order valence-corrected chi connectivity index (χ4v) is 1.61. The standard InChI is InChI=1S/C11H12INO2/c1-2-15-11(14)8-10(13-12)9-6-4-3-5-7-9/h3-7H,2,8H2,1H3/b13-10+. The summed E-state index contributed by atoms with van der Waals surface area (Å²) in [4.78, 5) is 11.3. The zero-order valence-electron chi connectivity index (χ0n) is 8.44. The number of hydrogen-bond donors (Lipinski definition) is 0. The van der Waals surface area contributed by atoms with Crippen LogP contribution in [0.15, 0.2) is 33.5 Å². The number of halogens is 1. The van der Waals surface area contributed by atoms with Crippen LogP contribution in [0.1, 0.15) is 18.9 Å². The van der Waals surface area contributed by atoms with Gasteiger partial charge in [-0.1, -0.05) is 30.3 Å². The van der Waals surface area contributed by atoms with E-state index >= 15 is 0 Å². The van der Waals surface area contributed by atoms with Crippen LogP contribution in [0.25, 0.3) is 0 Å². The fraction of sp³-hybridized carbons (Fsp3) is 0.273. The maximum atomic E-state index is 11.3. The van der Waals surface area contributed by atoms with Crippen LogP contribution in [0, 0.1) is 0 Å². The first-order valence-corrected chi connectivity index (χ1v) is 5.63. The van der Waals surface area contributed by atoms with Gasteiger partial charge in [-0.2, -0.15) is 0 Å². The summed E-state index contributed by atoms with van der Waals surface area (Å²) in [5.41, 5.74) is 1.70. The summed E-state index contributed by atoms with van der Waals surface area (Å²) >= 11 is 1.89. The molecule has 4 heteroatoms. The lowest BCUT2D eigenvalue weighted by Gasteiger charge is -2.04. The minimum absolute atomic E-state index is 0.223. The van der Waals surface area contributed by atoms with Gasteiger partial charge in [0, 0.05) is 0 Å². The van der Waals surface area contributed by atoms with Crippen LogP contribution in [0.4, 0.5) is 0 Å². The van der Waals surface area contributed by atoms with E-state index < -0.39 is 0 Å². The summed E-state index contributed by atoms with van der Waals surface area (Å²) in [5, 5.41) is 0. The highest BCUT2D eigenvalue weighted by Gasteiger charge is 2.09. The van der Waals surface area contributed by atoms with Gasteiger partial charge in [-0.25, -0.2) is 3.21 Å². The van der Waals surface area contributed by atoms with Crippen molar-refractivity contribution in [3.05, 3.63) is 35.9 Å². The van der Waals surface area contributed by atoms with Crippen molar-refractivity contribution in [3.8, 4) is 0 Å². The van der Waals surface area contributed by atoms with Gasteiger partial charge >= 0.3 is 5.97 Å². The molecule has 0 aliphatic carbocycles. The van der Waals surface area contributed by atoms with Crippen molar-refractivity contribution in [2.75, 3.05) is 6.61 Å². The minimum atomic E-state index is -0.239. The van der Waals surface area contributed by atoms with Crippen LogP contribution in [0.2, 0.25) is 0 Å². The first-order chi connectivity index (χ1) is 7.27. The lowest BCUT2D eigenvalue weighted by Crippen LogP contribution is -2.11. The van der Waals surface area contributed by atoms with Crippen LogP contribution in [0.5, 0.6) is 0 Å². The predicted molar refractivity (Wildman–Crippen MR) is 68.2 cm³/mol. The highest BCUT2D eigenvalue weighted by Crippen LogP contribution is 2.07. The molecule has 1 aromatic carbocycles. The monoisotopic (exact) mass is 317 g/mol. The average molecular weight is 317 g/mol. The van der Waals surface area contributed by atoms with Crippen molar-refractivity contribution in [1.29, 1.82) is 0 Å². The van der Waals surface area contributed by atoms with Crippen molar-refractivity contribution in [1.82, 2.24) is 0 Å². The van der Waals surface area contributed by atoms with Crippen LogP contribution in [-0.4, -0.2) is 18.3 Å². The maximum Gasteiger partial charge on any atom is 0.311 e. The Bertz CT molecular complexity index is 349. The van der Waals surface area contributed by atoms with Crippen LogP contribution in [-0.2, 0) is 9.53 Å². The molecule has 1 rings (SSSR count). The van der Waals surface area contributed by atoms with E-state index in [0.717, 1.165) is 11.3 Å². The Morgan fingerprint density at radius 2 is 2.07 bits per heavy atom. The van der Waals surface area contributed by atoms with Crippen molar-refractivity contribution in [2.24, 2.45) is 3.21 Å². The number of esters is 1. The number of rotatable bonds is 4. The third kappa shape index (κ3) is 3.99. The zero-order chi connectivity index (χ0) is 11.1. The van der Waals surface area contributed by atoms with Crippen LogP contribution >= 0.6 is 22.9 Å². The van der Waals surface area contributed by atoms with Gasteiger partial charge in [-0.15, -0.1) is 0 Å². The highest BCUT2D eigenvalue weighted by atomic mass is 127. The number of nitrogens with zero attached hydrogens (tertiary/aromatic N) is 1. The summed E-state index contributed by atoms with van der Waals surface area (Å²) in [5.74, 6) is -0.239. The summed E-state index contributed by atoms with van der Waals surface area (Å²) in [6.45, 7) is 2.20. The molecule has 0 heterocycles. The molecule has 0 saturated heterocycles. The average Bonchev–Trinajstić information content (AvgIpc) is 2.27. The van der Waals surface area contributed by atoms with Gasteiger partial charge in [0.1, 0.15) is 0 Å². The van der Waals surface area contributed by atoms with Crippen molar-refractivity contribution >= 4 is 34.5 Å². The molecule has 3 nitrogen and oxygen atoms in total. The van der Waals surface area contributed by atoms with E-state index in [1.165, 1.54) is 0 Å². The van der Waals surface area contributed by atoms with Gasteiger partial charge in [0.25, 0.3) is 0 Å². The molecule has 0 aromatic heterocycles. The lowest BCUT2D eigenvalue weighted by molar-refractivity contribution is -0.141. The Morgan fingerprint density at radius 3 is 2.60 bits per heavy atom. The van der Waals surface area contributed by atoms with E-state index in [4.69, 9.17) is 4.74 Å². The Balaban J connectivity index is 2.70. The van der Waals surface area contributed by atoms with Crippen molar-refractivity contribution < 1.29 is 9.53 Å². The third-order valence-corrected chi connectivity index (χ3v) is 2.41. The number of carbonyl (C=O) groups is 1. The van der Waals surface area contributed by atoms with Crippen molar-refractivity contribution in [3.63, 3.8) is 0 Å². The predicted octanol–water partition coefficient (Wildman–Crippen LogP) is 2.78. The van der Waals surface area contributed by atoms with E-state index in [2.05, 4.69) is 3.21 Å². The van der Waals surface area contributed by atoms with Crippen LogP contribution < -0.4 is 0 Å². The third-order valence-electron chi connectivity index (χ3n) is 1.83. The molecule has 0 amide bonds. The van der Waals surface area contributed by atoms with E-state index in [1.807, 2.05) is 53.2 Å². The van der Waals surface area contributed by atoms with Gasteiger partial charge < -0.3 is 4.74 Å². The van der Waals surface area contributed by atoms with Gasteiger partial charge in [-0.3, -0.25) is 4.79 Å². The second kappa shape index (κ2) is 6.55. The molecule has 0 atom stereocenters. The van der Waals surface area contributed by atoms with E-state index in [1.54, 1.807) is 6.92 Å². The molecule has 0 aliphatic heterocycles. The van der Waals surface area contributed by atoms with Crippen LogP contribution in [0.3, 0.4) is 0 Å². The quantitative estimate of drug-likeness (QED) is 0.487. The highest BCUT2D eigenvalue weighted by molar-refractivity contribution is 14.1. The largest absolute Gasteiger partial charge is 0.466 e. The summed E-state index contributed by atoms with van der Waals surface area (Å²) in [6.07, 6.45) is 0.223. The fourth-order valence-electron chi connectivity index (χ4n) is 1.16. The Kier molecular flexibility index (Phi) is 5.31. The van der Waals surface area contributed by atoms with E-state index in [0.29, 0.717) is 6.61 Å². The molecule has 0 saturated carbocycles. The molecular weight excluding hydrogens is 305 g/mol. The second-order valence-corrected chi connectivity index (χ2v) is 3.36. The molecule has 0 aliphatic rings. The summed E-state index contributed by atoms with van der Waals surface area (Å²) in [6, 6.07) is 9.62. The molecule has 0 bridgehead atoms. The van der Waals surface area contributed by atoms with Gasteiger partial charge in [0.2, 0.25) is 0 Å². The topological polar surface area (TPSA) is 38.7 Å². The number of carbonyl (C=O) groups excluding carboxylic acids is 1. The SMILES string of the molecule is CCOC(=O)C/C(=N\I)c1ccccc1. The molecule has 0 unspecified atom stereocenters. The van der Waals surface area contributed by atoms with Gasteiger partial charge in [0.05, 0.1) is 41.6 Å². The summed E-state index contributed by atoms with van der Waals surface area (Å²) < 4.78 is 8.94. The number of benzene rings is 1. The zero-order valence-corrected chi connectivity index (χ0v) is 10.6. The molecule has 15 heavy (non-hydrogen) atoms. The molecule has 80 valence electrons. The summed E-state index contributed by atoms with van der Waals surface area (Å²) in [7, 11) is 0. The molecular formula is C11H12INO2. The Hall–Kier alpha value is -0.910. The van der Waals surface area contributed by atoms with E-state index in [9.17, 15) is 4.79 Å². The van der Waals surface area contributed by atoms with E-state index in [-0.39, 0.29) is 12.4 Å². The maximum absolute atomic E-state index is 11.3. The normalized spacial score (nSPS) is 11.2. The molecule has 0 N–H and O–H groups in total. The molecule has 0 radical (unpaired) electrons. The first kappa shape index (κ1) is 12.2. The molecule has 0 fully saturated rings. The Labute approximate surface area is 103 Å². The lowest BCUT2D eigenvalue weighted by atomic mass is 10.1. The Morgan fingerprint density at radius 1 is 1.40 bits per heavy atom. The first-order valence-electron chi connectivity index (χ1n) is 4.66. The van der Waals surface area contributed by atoms with Gasteiger partial charge in [0.15, 0.2) is 0 Å². The number of ether oxygens (including phenoxy) is 1. The minimum Gasteiger partial charge on any atom is -0.466 e. The van der Waals surface area contributed by atoms with Crippen molar-refractivity contribution in [2.45, 2.75) is 13.3 Å². The van der Waals surface area contributed by atoms with Gasteiger partial charge in [-0.05, 0) is 12.5 Å². The number of hydrogen-bond acceptors (Lipinski definition) is 3. The smallest absolute Gasteiger partial charge is 0.311 e. The molecule has 1 aromatic rings.